The molecule has 0 aromatic heterocycles. The Balaban J connectivity index is 1.04. The average Bonchev–Trinajstić information content (AvgIpc) is 3.38. The zero-order valence-corrected chi connectivity index (χ0v) is 37.4. The highest BCUT2D eigenvalue weighted by atomic mass is 14.4. The van der Waals surface area contributed by atoms with E-state index < -0.39 is 0 Å². The Morgan fingerprint density at radius 2 is 0.375 bits per heavy atom. The topological polar surface area (TPSA) is 0 Å². The lowest BCUT2D eigenvalue weighted by Gasteiger charge is -2.32. The Morgan fingerprint density at radius 3 is 0.547 bits per heavy atom. The van der Waals surface area contributed by atoms with Crippen LogP contribution < -0.4 is 0 Å². The van der Waals surface area contributed by atoms with Gasteiger partial charge in [0.1, 0.15) is 0 Å². The molecule has 64 heavy (non-hydrogen) atoms. The van der Waals surface area contributed by atoms with Gasteiger partial charge in [-0.25, -0.2) is 0 Å². The summed E-state index contributed by atoms with van der Waals surface area (Å²) in [6, 6.07) is 94.2. The second-order valence-corrected chi connectivity index (χ2v) is 18.1. The van der Waals surface area contributed by atoms with Crippen molar-refractivity contribution in [1.29, 1.82) is 0 Å². The predicted molar refractivity (Wildman–Crippen MR) is 269 cm³/mol. The highest BCUT2D eigenvalue weighted by Gasteiger charge is 2.33. The fourth-order valence-electron chi connectivity index (χ4n) is 10.3. The first-order valence-electron chi connectivity index (χ1n) is 23.0. The summed E-state index contributed by atoms with van der Waals surface area (Å²) < 4.78 is 0. The third-order valence-corrected chi connectivity index (χ3v) is 14.3. The van der Waals surface area contributed by atoms with E-state index in [0.29, 0.717) is 5.92 Å². The molecule has 9 rings (SSSR count). The van der Waals surface area contributed by atoms with Gasteiger partial charge >= 0.3 is 0 Å². The Morgan fingerprint density at radius 1 is 0.219 bits per heavy atom. The molecular formula is C64H58. The van der Waals surface area contributed by atoms with E-state index in [0.717, 1.165) is 19.3 Å². The minimum absolute atomic E-state index is 0.272. The van der Waals surface area contributed by atoms with Crippen molar-refractivity contribution in [3.05, 3.63) is 322 Å². The van der Waals surface area contributed by atoms with Crippen molar-refractivity contribution in [2.75, 3.05) is 0 Å². The quantitative estimate of drug-likeness (QED) is 0.0903. The molecule has 0 unspecified atom stereocenters. The van der Waals surface area contributed by atoms with Gasteiger partial charge in [-0.1, -0.05) is 255 Å². The van der Waals surface area contributed by atoms with E-state index in [9.17, 15) is 0 Å². The molecule has 0 N–H and O–H groups in total. The molecule has 0 fully saturated rings. The first-order valence-corrected chi connectivity index (χ1v) is 23.0. The molecule has 0 heteroatoms. The van der Waals surface area contributed by atoms with Crippen molar-refractivity contribution >= 4 is 0 Å². The highest BCUT2D eigenvalue weighted by molar-refractivity contribution is 5.53. The Labute approximate surface area is 382 Å². The number of rotatable bonds is 15. The minimum Gasteiger partial charge on any atom is -0.0622 e. The fourth-order valence-corrected chi connectivity index (χ4v) is 10.3. The monoisotopic (exact) mass is 826 g/mol. The SMILES string of the molecule is CC(c1ccccc1)(c1ccccc1)c1ccc(CC(Cc2ccc(C(C)(c3ccccc3)c3ccccc3)cc2)Cc2ccc(C(C)(c3ccccc3)c3ccccc3)cc2)cc1. The summed E-state index contributed by atoms with van der Waals surface area (Å²) in [7, 11) is 0. The molecule has 0 saturated carbocycles. The maximum absolute atomic E-state index is 2.38. The van der Waals surface area contributed by atoms with Crippen molar-refractivity contribution < 1.29 is 0 Å². The van der Waals surface area contributed by atoms with Crippen LogP contribution in [-0.2, 0) is 35.5 Å². The number of benzene rings is 9. The molecule has 9 aromatic carbocycles. The Bertz CT molecular complexity index is 2370. The van der Waals surface area contributed by atoms with Gasteiger partial charge in [-0.05, 0) is 113 Å². The molecule has 0 radical (unpaired) electrons. The molecule has 0 bridgehead atoms. The molecule has 0 aliphatic heterocycles. The Hall–Kier alpha value is -7.02. The molecule has 0 saturated heterocycles. The largest absolute Gasteiger partial charge is 0.0622 e. The first-order chi connectivity index (χ1) is 31.3. The third kappa shape index (κ3) is 8.54. The van der Waals surface area contributed by atoms with Gasteiger partial charge in [0.05, 0.1) is 0 Å². The van der Waals surface area contributed by atoms with Crippen LogP contribution in [0.4, 0.5) is 0 Å². The van der Waals surface area contributed by atoms with Gasteiger partial charge in [-0.15, -0.1) is 0 Å². The molecule has 0 aliphatic rings. The van der Waals surface area contributed by atoms with Gasteiger partial charge in [0, 0.05) is 16.2 Å². The summed E-state index contributed by atoms with van der Waals surface area (Å²) in [6.45, 7) is 7.10. The van der Waals surface area contributed by atoms with Crippen molar-refractivity contribution in [3.8, 4) is 0 Å². The molecule has 9 aromatic rings. The van der Waals surface area contributed by atoms with E-state index in [1.807, 2.05) is 0 Å². The van der Waals surface area contributed by atoms with E-state index in [1.165, 1.54) is 66.8 Å². The van der Waals surface area contributed by atoms with Crippen LogP contribution >= 0.6 is 0 Å². The lowest BCUT2D eigenvalue weighted by molar-refractivity contribution is 0.518. The predicted octanol–water partition coefficient (Wildman–Crippen LogP) is 15.4. The van der Waals surface area contributed by atoms with E-state index in [2.05, 4.69) is 276 Å². The second kappa shape index (κ2) is 18.8. The second-order valence-electron chi connectivity index (χ2n) is 18.1. The van der Waals surface area contributed by atoms with Crippen molar-refractivity contribution in [3.63, 3.8) is 0 Å². The van der Waals surface area contributed by atoms with Crippen LogP contribution in [0.1, 0.15) is 87.5 Å². The van der Waals surface area contributed by atoms with Crippen LogP contribution in [0.2, 0.25) is 0 Å². The normalized spacial score (nSPS) is 12.0. The highest BCUT2D eigenvalue weighted by Crippen LogP contribution is 2.42. The van der Waals surface area contributed by atoms with Crippen LogP contribution in [0.5, 0.6) is 0 Å². The van der Waals surface area contributed by atoms with Gasteiger partial charge in [-0.3, -0.25) is 0 Å². The lowest BCUT2D eigenvalue weighted by atomic mass is 9.70. The average molecular weight is 827 g/mol. The third-order valence-electron chi connectivity index (χ3n) is 14.3. The van der Waals surface area contributed by atoms with E-state index in [-0.39, 0.29) is 16.2 Å². The summed E-state index contributed by atoms with van der Waals surface area (Å²) in [5.74, 6) is 0.390. The Kier molecular flexibility index (Phi) is 12.4. The summed E-state index contributed by atoms with van der Waals surface area (Å²) in [6.07, 6.45) is 2.94. The van der Waals surface area contributed by atoms with Crippen molar-refractivity contribution in [1.82, 2.24) is 0 Å². The number of hydrogen-bond donors (Lipinski definition) is 0. The summed E-state index contributed by atoms with van der Waals surface area (Å²) >= 11 is 0. The van der Waals surface area contributed by atoms with Crippen LogP contribution in [0.25, 0.3) is 0 Å². The zero-order valence-electron chi connectivity index (χ0n) is 37.4. The van der Waals surface area contributed by atoms with E-state index in [1.54, 1.807) is 0 Å². The van der Waals surface area contributed by atoms with Crippen LogP contribution in [-0.4, -0.2) is 0 Å². The summed E-state index contributed by atoms with van der Waals surface area (Å²) in [5, 5.41) is 0. The van der Waals surface area contributed by atoms with Crippen LogP contribution in [0.3, 0.4) is 0 Å². The lowest BCUT2D eigenvalue weighted by Crippen LogP contribution is -2.25. The molecule has 0 nitrogen and oxygen atoms in total. The maximum Gasteiger partial charge on any atom is 0.0423 e. The zero-order chi connectivity index (χ0) is 43.8. The molecular weight excluding hydrogens is 769 g/mol. The van der Waals surface area contributed by atoms with E-state index in [4.69, 9.17) is 0 Å². The molecule has 314 valence electrons. The van der Waals surface area contributed by atoms with E-state index >= 15 is 0 Å². The molecule has 0 atom stereocenters. The smallest absolute Gasteiger partial charge is 0.0423 e. The molecule has 0 heterocycles. The fraction of sp³-hybridized carbons (Fsp3) is 0.156. The number of hydrogen-bond acceptors (Lipinski definition) is 0. The first kappa shape index (κ1) is 42.3. The standard InChI is InChI=1S/C64H58/c1-62(53-22-10-4-11-23-53,54-24-12-5-13-25-54)59-40-34-49(35-41-59)46-52(47-50-36-42-60(43-37-50)63(2,55-26-14-6-15-27-55)56-28-16-7-17-29-56)48-51-38-44-61(45-39-51)64(3,57-30-18-8-19-31-57)58-32-20-9-21-33-58/h4-45,52H,46-48H2,1-3H3. The van der Waals surface area contributed by atoms with Gasteiger partial charge in [-0.2, -0.15) is 0 Å². The minimum atomic E-state index is -0.272. The maximum atomic E-state index is 2.38. The van der Waals surface area contributed by atoms with Crippen molar-refractivity contribution in [2.24, 2.45) is 5.92 Å². The van der Waals surface area contributed by atoms with Gasteiger partial charge in [0.2, 0.25) is 0 Å². The molecule has 0 aliphatic carbocycles. The van der Waals surface area contributed by atoms with Gasteiger partial charge in [0.15, 0.2) is 0 Å². The summed E-state index contributed by atoms with van der Waals surface area (Å²) in [4.78, 5) is 0. The van der Waals surface area contributed by atoms with Crippen LogP contribution in [0, 0.1) is 5.92 Å². The summed E-state index contributed by atoms with van der Waals surface area (Å²) in [5.41, 5.74) is 15.0. The molecule has 0 spiro atoms. The molecule has 0 amide bonds. The van der Waals surface area contributed by atoms with Gasteiger partial charge < -0.3 is 0 Å². The van der Waals surface area contributed by atoms with Gasteiger partial charge in [0.25, 0.3) is 0 Å². The van der Waals surface area contributed by atoms with Crippen LogP contribution in [0.15, 0.2) is 255 Å². The van der Waals surface area contributed by atoms with Crippen molar-refractivity contribution in [2.45, 2.75) is 56.3 Å².